The van der Waals surface area contributed by atoms with E-state index in [1.807, 2.05) is 6.92 Å². The second kappa shape index (κ2) is 23.4. The molecule has 1 amide bonds. The molecule has 0 radical (unpaired) electrons. The van der Waals surface area contributed by atoms with E-state index in [1.54, 1.807) is 0 Å². The highest BCUT2D eigenvalue weighted by atomic mass is 16.6. The summed E-state index contributed by atoms with van der Waals surface area (Å²) < 4.78 is 21.5. The first-order valence-electron chi connectivity index (χ1n) is 15.8. The number of likely N-dealkylation sites (tertiary alicyclic amines) is 1. The van der Waals surface area contributed by atoms with Gasteiger partial charge < -0.3 is 23.8 Å². The van der Waals surface area contributed by atoms with E-state index in [0.29, 0.717) is 32.8 Å². The maximum Gasteiger partial charge on any atom is 0.409 e. The van der Waals surface area contributed by atoms with E-state index >= 15 is 0 Å². The van der Waals surface area contributed by atoms with Crippen LogP contribution in [0.5, 0.6) is 0 Å². The maximum atomic E-state index is 12.7. The van der Waals surface area contributed by atoms with Crippen molar-refractivity contribution in [3.63, 3.8) is 0 Å². The number of unbranched alkanes of at least 4 members (excludes halogenated alkanes) is 10. The highest BCUT2D eigenvalue weighted by Gasteiger charge is 2.31. The van der Waals surface area contributed by atoms with Crippen LogP contribution in [-0.4, -0.2) is 67.9 Å². The van der Waals surface area contributed by atoms with Gasteiger partial charge in [-0.2, -0.15) is 0 Å². The van der Waals surface area contributed by atoms with Gasteiger partial charge in [0.1, 0.15) is 6.10 Å². The third kappa shape index (κ3) is 18.1. The summed E-state index contributed by atoms with van der Waals surface area (Å²) in [7, 11) is 0. The minimum absolute atomic E-state index is 0.0445. The van der Waals surface area contributed by atoms with Gasteiger partial charge in [-0.1, -0.05) is 85.0 Å². The van der Waals surface area contributed by atoms with E-state index in [2.05, 4.69) is 13.8 Å². The minimum Gasteiger partial charge on any atom is -0.466 e. The lowest BCUT2D eigenvalue weighted by Gasteiger charge is -2.18. The summed E-state index contributed by atoms with van der Waals surface area (Å²) in [6.07, 6.45) is 13.3. The fourth-order valence-electron chi connectivity index (χ4n) is 4.68. The molecule has 1 aliphatic rings. The third-order valence-corrected chi connectivity index (χ3v) is 7.02. The normalized spacial score (nSPS) is 14.8. The number of carbonyl (C=O) groups is 4. The highest BCUT2D eigenvalue weighted by molar-refractivity contribution is 5.76. The smallest absolute Gasteiger partial charge is 0.409 e. The van der Waals surface area contributed by atoms with Crippen LogP contribution in [-0.2, 0) is 33.3 Å². The van der Waals surface area contributed by atoms with Crippen molar-refractivity contribution in [2.24, 2.45) is 5.92 Å². The average molecular weight is 570 g/mol. The lowest BCUT2D eigenvalue weighted by Crippen LogP contribution is -2.31. The van der Waals surface area contributed by atoms with Gasteiger partial charge in [0.2, 0.25) is 0 Å². The Morgan fingerprint density at radius 1 is 0.625 bits per heavy atom. The monoisotopic (exact) mass is 569 g/mol. The van der Waals surface area contributed by atoms with Gasteiger partial charge in [0.05, 0.1) is 26.4 Å². The maximum absolute atomic E-state index is 12.7. The molecule has 0 spiro atoms. The third-order valence-electron chi connectivity index (χ3n) is 7.02. The van der Waals surface area contributed by atoms with Gasteiger partial charge in [-0.05, 0) is 25.2 Å². The van der Waals surface area contributed by atoms with Crippen LogP contribution in [0.25, 0.3) is 0 Å². The zero-order valence-corrected chi connectivity index (χ0v) is 25.4. The molecule has 0 aliphatic carbocycles. The van der Waals surface area contributed by atoms with Crippen LogP contribution >= 0.6 is 0 Å². The van der Waals surface area contributed by atoms with Gasteiger partial charge in [0, 0.05) is 32.2 Å². The predicted octanol–water partition coefficient (Wildman–Crippen LogP) is 6.74. The van der Waals surface area contributed by atoms with E-state index in [-0.39, 0.29) is 25.8 Å². The molecule has 0 N–H and O–H groups in total. The van der Waals surface area contributed by atoms with E-state index in [4.69, 9.17) is 18.9 Å². The summed E-state index contributed by atoms with van der Waals surface area (Å²) in [6, 6.07) is 0. The summed E-state index contributed by atoms with van der Waals surface area (Å²) in [5, 5.41) is 0. The van der Waals surface area contributed by atoms with Crippen LogP contribution in [0, 0.1) is 5.92 Å². The molecule has 0 aromatic rings. The number of ether oxygens (including phenoxy) is 4. The molecule has 1 atom stereocenters. The molecule has 1 rings (SSSR count). The van der Waals surface area contributed by atoms with Gasteiger partial charge in [-0.15, -0.1) is 0 Å². The SMILES string of the molecule is CCCCCCCCOC(=O)CC(CC(=O)OCCCCCCCC)CC(=O)OC1CCN(C(=O)OCCC)C1. The van der Waals surface area contributed by atoms with E-state index in [1.165, 1.54) is 43.4 Å². The molecule has 1 heterocycles. The number of hydrogen-bond donors (Lipinski definition) is 0. The molecule has 1 saturated heterocycles. The van der Waals surface area contributed by atoms with Crippen LogP contribution in [0.3, 0.4) is 0 Å². The summed E-state index contributed by atoms with van der Waals surface area (Å²) in [5.74, 6) is -1.89. The first kappa shape index (κ1) is 35.7. The van der Waals surface area contributed by atoms with Crippen LogP contribution in [0.4, 0.5) is 4.79 Å². The van der Waals surface area contributed by atoms with Crippen molar-refractivity contribution in [2.45, 2.75) is 136 Å². The lowest BCUT2D eigenvalue weighted by molar-refractivity contribution is -0.152. The molecule has 9 heteroatoms. The quantitative estimate of drug-likeness (QED) is 0.0756. The lowest BCUT2D eigenvalue weighted by atomic mass is 9.97. The van der Waals surface area contributed by atoms with Crippen LogP contribution < -0.4 is 0 Å². The Balaban J connectivity index is 2.50. The second-order valence-electron chi connectivity index (χ2n) is 10.9. The summed E-state index contributed by atoms with van der Waals surface area (Å²) >= 11 is 0. The molecule has 9 nitrogen and oxygen atoms in total. The number of esters is 3. The van der Waals surface area contributed by atoms with Gasteiger partial charge >= 0.3 is 24.0 Å². The highest BCUT2D eigenvalue weighted by Crippen LogP contribution is 2.20. The Hall–Kier alpha value is -2.32. The Morgan fingerprint density at radius 2 is 1.12 bits per heavy atom. The Labute approximate surface area is 242 Å². The van der Waals surface area contributed by atoms with Crippen molar-refractivity contribution in [1.29, 1.82) is 0 Å². The molecule has 1 unspecified atom stereocenters. The van der Waals surface area contributed by atoms with E-state index in [0.717, 1.165) is 44.9 Å². The zero-order valence-electron chi connectivity index (χ0n) is 25.4. The molecule has 0 aromatic heterocycles. The average Bonchev–Trinajstić information content (AvgIpc) is 3.39. The Morgan fingerprint density at radius 3 is 1.65 bits per heavy atom. The largest absolute Gasteiger partial charge is 0.466 e. The Bertz CT molecular complexity index is 681. The molecular formula is C31H55NO8. The van der Waals surface area contributed by atoms with E-state index < -0.39 is 36.0 Å². The van der Waals surface area contributed by atoms with Gasteiger partial charge in [-0.3, -0.25) is 14.4 Å². The zero-order chi connectivity index (χ0) is 29.4. The summed E-state index contributed by atoms with van der Waals surface area (Å²) in [4.78, 5) is 51.3. The fraction of sp³-hybridized carbons (Fsp3) is 0.871. The molecule has 0 saturated carbocycles. The van der Waals surface area contributed by atoms with Crippen LogP contribution in [0.15, 0.2) is 0 Å². The van der Waals surface area contributed by atoms with E-state index in [9.17, 15) is 19.2 Å². The molecule has 232 valence electrons. The minimum atomic E-state index is -0.561. The number of nitrogens with zero attached hydrogens (tertiary/aromatic N) is 1. The molecule has 40 heavy (non-hydrogen) atoms. The van der Waals surface area contributed by atoms with Crippen molar-refractivity contribution in [1.82, 2.24) is 4.90 Å². The first-order valence-corrected chi connectivity index (χ1v) is 15.8. The van der Waals surface area contributed by atoms with Gasteiger partial charge in [0.25, 0.3) is 0 Å². The van der Waals surface area contributed by atoms with Gasteiger partial charge in [-0.25, -0.2) is 4.79 Å². The first-order chi connectivity index (χ1) is 19.4. The molecular weight excluding hydrogens is 514 g/mol. The van der Waals surface area contributed by atoms with Crippen molar-refractivity contribution < 1.29 is 38.1 Å². The Kier molecular flexibility index (Phi) is 20.9. The van der Waals surface area contributed by atoms with Crippen LogP contribution in [0.2, 0.25) is 0 Å². The molecule has 1 aliphatic heterocycles. The predicted molar refractivity (Wildman–Crippen MR) is 154 cm³/mol. The number of amides is 1. The molecule has 0 aromatic carbocycles. The van der Waals surface area contributed by atoms with Crippen LogP contribution in [0.1, 0.15) is 130 Å². The van der Waals surface area contributed by atoms with Crippen molar-refractivity contribution >= 4 is 24.0 Å². The molecule has 0 bridgehead atoms. The number of carbonyl (C=O) groups excluding carboxylic acids is 4. The number of rotatable bonds is 23. The summed E-state index contributed by atoms with van der Waals surface area (Å²) in [5.41, 5.74) is 0. The molecule has 1 fully saturated rings. The topological polar surface area (TPSA) is 108 Å². The number of hydrogen-bond acceptors (Lipinski definition) is 8. The standard InChI is InChI=1S/C31H55NO8/c1-4-7-9-11-13-15-20-37-28(33)22-26(23-29(34)38-21-16-14-12-10-8-5-2)24-30(35)40-27-17-18-32(25-27)31(36)39-19-6-3/h26-27H,4-25H2,1-3H3. The second-order valence-corrected chi connectivity index (χ2v) is 10.9. The van der Waals surface area contributed by atoms with Crippen molar-refractivity contribution in [2.75, 3.05) is 32.9 Å². The van der Waals surface area contributed by atoms with Gasteiger partial charge in [0.15, 0.2) is 0 Å². The van der Waals surface area contributed by atoms with Crippen molar-refractivity contribution in [3.8, 4) is 0 Å². The fourth-order valence-corrected chi connectivity index (χ4v) is 4.68. The summed E-state index contributed by atoms with van der Waals surface area (Å²) in [6.45, 7) is 8.04. The van der Waals surface area contributed by atoms with Crippen molar-refractivity contribution in [3.05, 3.63) is 0 Å².